The lowest BCUT2D eigenvalue weighted by molar-refractivity contribution is 0.123. The number of hydrogen-bond donors (Lipinski definition) is 1. The highest BCUT2D eigenvalue weighted by molar-refractivity contribution is 6.30. The van der Waals surface area contributed by atoms with Crippen molar-refractivity contribution in [1.82, 2.24) is 5.32 Å². The fourth-order valence-electron chi connectivity index (χ4n) is 1.64. The standard InChI is InChI=1S/C15H24ClNO/c1-12(2)8-10-18-11-9-17-13(3)14-4-6-15(16)7-5-14/h4-7,12-13,17H,8-11H2,1-3H3/t13-/m1/s1. The summed E-state index contributed by atoms with van der Waals surface area (Å²) in [5.74, 6) is 0.714. The Hall–Kier alpha value is -0.570. The first-order chi connectivity index (χ1) is 8.59. The van der Waals surface area contributed by atoms with Crippen LogP contribution in [-0.2, 0) is 4.74 Å². The zero-order valence-electron chi connectivity index (χ0n) is 11.6. The fraction of sp³-hybridized carbons (Fsp3) is 0.600. The average Bonchev–Trinajstić information content (AvgIpc) is 2.34. The van der Waals surface area contributed by atoms with Crippen molar-refractivity contribution in [2.75, 3.05) is 19.8 Å². The van der Waals surface area contributed by atoms with Gasteiger partial charge in [0.05, 0.1) is 6.61 Å². The molecule has 2 nitrogen and oxygen atoms in total. The van der Waals surface area contributed by atoms with Gasteiger partial charge >= 0.3 is 0 Å². The monoisotopic (exact) mass is 269 g/mol. The zero-order chi connectivity index (χ0) is 13.4. The third kappa shape index (κ3) is 6.39. The van der Waals surface area contributed by atoms with E-state index in [9.17, 15) is 0 Å². The van der Waals surface area contributed by atoms with E-state index in [1.165, 1.54) is 5.56 Å². The van der Waals surface area contributed by atoms with Crippen molar-refractivity contribution in [2.24, 2.45) is 5.92 Å². The number of halogens is 1. The van der Waals surface area contributed by atoms with Crippen LogP contribution in [0.2, 0.25) is 5.02 Å². The van der Waals surface area contributed by atoms with Crippen LogP contribution in [0.4, 0.5) is 0 Å². The molecule has 0 saturated carbocycles. The van der Waals surface area contributed by atoms with Crippen molar-refractivity contribution in [3.8, 4) is 0 Å². The van der Waals surface area contributed by atoms with E-state index in [0.717, 1.165) is 31.2 Å². The normalized spacial score (nSPS) is 12.9. The van der Waals surface area contributed by atoms with Gasteiger partial charge in [0.1, 0.15) is 0 Å². The molecule has 1 rings (SSSR count). The molecule has 1 atom stereocenters. The van der Waals surface area contributed by atoms with E-state index in [-0.39, 0.29) is 0 Å². The highest BCUT2D eigenvalue weighted by Crippen LogP contribution is 2.15. The van der Waals surface area contributed by atoms with Crippen LogP contribution in [0.3, 0.4) is 0 Å². The lowest BCUT2D eigenvalue weighted by Crippen LogP contribution is -2.23. The van der Waals surface area contributed by atoms with Crippen LogP contribution in [0.1, 0.15) is 38.8 Å². The van der Waals surface area contributed by atoms with Crippen LogP contribution >= 0.6 is 11.6 Å². The minimum atomic E-state index is 0.330. The van der Waals surface area contributed by atoms with Crippen LogP contribution in [0.15, 0.2) is 24.3 Å². The van der Waals surface area contributed by atoms with E-state index in [4.69, 9.17) is 16.3 Å². The Labute approximate surface area is 116 Å². The van der Waals surface area contributed by atoms with E-state index < -0.39 is 0 Å². The third-order valence-electron chi connectivity index (χ3n) is 2.91. The van der Waals surface area contributed by atoms with Crippen molar-refractivity contribution in [2.45, 2.75) is 33.2 Å². The molecule has 1 aromatic rings. The molecule has 3 heteroatoms. The van der Waals surface area contributed by atoms with Crippen LogP contribution in [0.5, 0.6) is 0 Å². The highest BCUT2D eigenvalue weighted by atomic mass is 35.5. The molecule has 0 aliphatic carbocycles. The fourth-order valence-corrected chi connectivity index (χ4v) is 1.76. The van der Waals surface area contributed by atoms with Gasteiger partial charge in [-0.15, -0.1) is 0 Å². The molecule has 0 spiro atoms. The topological polar surface area (TPSA) is 21.3 Å². The molecule has 0 fully saturated rings. The van der Waals surface area contributed by atoms with Gasteiger partial charge < -0.3 is 10.1 Å². The molecule has 18 heavy (non-hydrogen) atoms. The quantitative estimate of drug-likeness (QED) is 0.719. The third-order valence-corrected chi connectivity index (χ3v) is 3.16. The van der Waals surface area contributed by atoms with Gasteiger partial charge in [0.2, 0.25) is 0 Å². The van der Waals surface area contributed by atoms with Gasteiger partial charge in [0, 0.05) is 24.2 Å². The molecule has 0 radical (unpaired) electrons. The van der Waals surface area contributed by atoms with Crippen molar-refractivity contribution in [3.05, 3.63) is 34.9 Å². The molecule has 0 unspecified atom stereocenters. The van der Waals surface area contributed by atoms with E-state index in [0.29, 0.717) is 12.0 Å². The molecule has 0 saturated heterocycles. The maximum absolute atomic E-state index is 5.86. The van der Waals surface area contributed by atoms with E-state index in [1.54, 1.807) is 0 Å². The van der Waals surface area contributed by atoms with Gasteiger partial charge in [-0.05, 0) is 37.0 Å². The minimum Gasteiger partial charge on any atom is -0.380 e. The van der Waals surface area contributed by atoms with Crippen molar-refractivity contribution in [3.63, 3.8) is 0 Å². The summed E-state index contributed by atoms with van der Waals surface area (Å²) in [6.07, 6.45) is 1.13. The van der Waals surface area contributed by atoms with Crippen LogP contribution < -0.4 is 5.32 Å². The second-order valence-electron chi connectivity index (χ2n) is 5.02. The molecular weight excluding hydrogens is 246 g/mol. The van der Waals surface area contributed by atoms with Gasteiger partial charge in [-0.3, -0.25) is 0 Å². The summed E-state index contributed by atoms with van der Waals surface area (Å²) < 4.78 is 5.57. The van der Waals surface area contributed by atoms with E-state index in [2.05, 4.69) is 38.2 Å². The number of rotatable bonds is 8. The summed E-state index contributed by atoms with van der Waals surface area (Å²) in [7, 11) is 0. The Morgan fingerprint density at radius 2 is 1.78 bits per heavy atom. The molecule has 0 bridgehead atoms. The predicted molar refractivity (Wildman–Crippen MR) is 78.1 cm³/mol. The molecule has 1 aromatic carbocycles. The summed E-state index contributed by atoms with van der Waals surface area (Å²) in [5.41, 5.74) is 1.25. The van der Waals surface area contributed by atoms with Crippen molar-refractivity contribution < 1.29 is 4.74 Å². The summed E-state index contributed by atoms with van der Waals surface area (Å²) in [4.78, 5) is 0. The molecular formula is C15H24ClNO. The second kappa shape index (κ2) is 8.52. The van der Waals surface area contributed by atoms with Crippen LogP contribution in [-0.4, -0.2) is 19.8 Å². The molecule has 0 heterocycles. The number of benzene rings is 1. The highest BCUT2D eigenvalue weighted by Gasteiger charge is 2.03. The second-order valence-corrected chi connectivity index (χ2v) is 5.46. The SMILES string of the molecule is CC(C)CCOCCN[C@H](C)c1ccc(Cl)cc1. The first-order valence-electron chi connectivity index (χ1n) is 6.66. The minimum absolute atomic E-state index is 0.330. The molecule has 0 aromatic heterocycles. The lowest BCUT2D eigenvalue weighted by atomic mass is 10.1. The zero-order valence-corrected chi connectivity index (χ0v) is 12.3. The maximum Gasteiger partial charge on any atom is 0.0591 e. The number of hydrogen-bond acceptors (Lipinski definition) is 2. The maximum atomic E-state index is 5.86. The van der Waals surface area contributed by atoms with Gasteiger partial charge in [-0.2, -0.15) is 0 Å². The summed E-state index contributed by atoms with van der Waals surface area (Å²) >= 11 is 5.86. The summed E-state index contributed by atoms with van der Waals surface area (Å²) in [6, 6.07) is 8.29. The van der Waals surface area contributed by atoms with Crippen LogP contribution in [0, 0.1) is 5.92 Å². The van der Waals surface area contributed by atoms with Gasteiger partial charge in [0.15, 0.2) is 0 Å². The molecule has 0 aliphatic heterocycles. The van der Waals surface area contributed by atoms with Crippen molar-refractivity contribution in [1.29, 1.82) is 0 Å². The van der Waals surface area contributed by atoms with Gasteiger partial charge in [-0.25, -0.2) is 0 Å². The number of nitrogens with one attached hydrogen (secondary N) is 1. The Kier molecular flexibility index (Phi) is 7.33. The predicted octanol–water partition coefficient (Wildman–Crippen LogP) is 4.05. The molecule has 0 aliphatic rings. The lowest BCUT2D eigenvalue weighted by Gasteiger charge is -2.14. The van der Waals surface area contributed by atoms with Gasteiger partial charge in [0.25, 0.3) is 0 Å². The summed E-state index contributed by atoms with van der Waals surface area (Å²) in [5, 5.41) is 4.22. The van der Waals surface area contributed by atoms with Gasteiger partial charge in [-0.1, -0.05) is 37.6 Å². The molecule has 1 N–H and O–H groups in total. The van der Waals surface area contributed by atoms with Crippen molar-refractivity contribution >= 4 is 11.6 Å². The molecule has 102 valence electrons. The first kappa shape index (κ1) is 15.5. The van der Waals surface area contributed by atoms with E-state index >= 15 is 0 Å². The average molecular weight is 270 g/mol. The Morgan fingerprint density at radius 1 is 1.11 bits per heavy atom. The Morgan fingerprint density at radius 3 is 2.39 bits per heavy atom. The first-order valence-corrected chi connectivity index (χ1v) is 7.04. The number of ether oxygens (including phenoxy) is 1. The molecule has 0 amide bonds. The smallest absolute Gasteiger partial charge is 0.0591 e. The summed E-state index contributed by atoms with van der Waals surface area (Å²) in [6.45, 7) is 9.08. The largest absolute Gasteiger partial charge is 0.380 e. The Bertz CT molecular complexity index is 324. The Balaban J connectivity index is 2.13. The van der Waals surface area contributed by atoms with E-state index in [1.807, 2.05) is 12.1 Å². The van der Waals surface area contributed by atoms with Crippen LogP contribution in [0.25, 0.3) is 0 Å².